The number of nitro groups is 1. The molecule has 164 valence electrons. The van der Waals surface area contributed by atoms with Gasteiger partial charge in [0.25, 0.3) is 11.2 Å². The van der Waals surface area contributed by atoms with Crippen LogP contribution in [0.3, 0.4) is 0 Å². The molecule has 1 aliphatic rings. The summed E-state index contributed by atoms with van der Waals surface area (Å²) >= 11 is 2.48. The molecule has 0 saturated carbocycles. The van der Waals surface area contributed by atoms with E-state index in [-0.39, 0.29) is 33.7 Å². The number of fused-ring (bicyclic) bond motifs is 1. The number of carbonyl (C=O) groups is 1. The Bertz CT molecular complexity index is 1430. The number of aromatic nitrogens is 1. The van der Waals surface area contributed by atoms with Crippen LogP contribution in [-0.2, 0) is 9.53 Å². The first-order valence-corrected chi connectivity index (χ1v) is 11.2. The van der Waals surface area contributed by atoms with Gasteiger partial charge < -0.3 is 9.84 Å². The molecular weight excluding hydrogens is 454 g/mol. The van der Waals surface area contributed by atoms with Gasteiger partial charge in [0.2, 0.25) is 0 Å². The number of allylic oxidation sites excluding steroid dienone is 1. The highest BCUT2D eigenvalue weighted by Gasteiger charge is 2.33. The topological polar surface area (TPSA) is 124 Å². The van der Waals surface area contributed by atoms with Crippen molar-refractivity contribution in [3.05, 3.63) is 87.2 Å². The average Bonchev–Trinajstić information content (AvgIpc) is 3.37. The Hall–Kier alpha value is -3.57. The lowest BCUT2D eigenvalue weighted by Crippen LogP contribution is -2.39. The molecule has 0 spiro atoms. The number of aromatic hydroxyl groups is 1. The Morgan fingerprint density at radius 1 is 1.41 bits per heavy atom. The number of non-ortho nitro benzene ring substituents is 1. The summed E-state index contributed by atoms with van der Waals surface area (Å²) < 4.78 is 6.87. The molecule has 1 atom stereocenters. The Labute approximate surface area is 189 Å². The minimum Gasteiger partial charge on any atom is -0.507 e. The average molecular weight is 472 g/mol. The second kappa shape index (κ2) is 8.52. The summed E-state index contributed by atoms with van der Waals surface area (Å²) in [5, 5.41) is 23.1. The van der Waals surface area contributed by atoms with Gasteiger partial charge in [-0.2, -0.15) is 0 Å². The Morgan fingerprint density at radius 3 is 2.84 bits per heavy atom. The lowest BCUT2D eigenvalue weighted by atomic mass is 10.0. The SMILES string of the molecule is CCOC(=O)C1=C(C)N=c2s/c(=C/c3cc([N+](=O)[O-])ccc3O)c(=O)n2[C@H]1c1cccs1. The van der Waals surface area contributed by atoms with Crippen LogP contribution in [0.4, 0.5) is 5.69 Å². The first-order chi connectivity index (χ1) is 15.3. The van der Waals surface area contributed by atoms with Crippen LogP contribution in [-0.4, -0.2) is 27.2 Å². The zero-order valence-corrected chi connectivity index (χ0v) is 18.6. The molecular formula is C21H17N3O6S2. The van der Waals surface area contributed by atoms with Gasteiger partial charge in [0.1, 0.15) is 11.8 Å². The number of nitrogens with zero attached hydrogens (tertiary/aromatic N) is 3. The van der Waals surface area contributed by atoms with Gasteiger partial charge >= 0.3 is 5.97 Å². The van der Waals surface area contributed by atoms with E-state index in [9.17, 15) is 24.8 Å². The third-order valence-electron chi connectivity index (χ3n) is 4.84. The number of benzene rings is 1. The van der Waals surface area contributed by atoms with Crippen LogP contribution in [0.15, 0.2) is 56.8 Å². The maximum Gasteiger partial charge on any atom is 0.338 e. The molecule has 9 nitrogen and oxygen atoms in total. The monoisotopic (exact) mass is 471 g/mol. The zero-order valence-electron chi connectivity index (χ0n) is 17.0. The van der Waals surface area contributed by atoms with Gasteiger partial charge in [-0.3, -0.25) is 19.5 Å². The molecule has 1 aromatic carbocycles. The largest absolute Gasteiger partial charge is 0.507 e. The van der Waals surface area contributed by atoms with E-state index in [0.717, 1.165) is 16.2 Å². The van der Waals surface area contributed by atoms with Crippen molar-refractivity contribution in [2.75, 3.05) is 6.61 Å². The van der Waals surface area contributed by atoms with E-state index in [1.807, 2.05) is 17.5 Å². The van der Waals surface area contributed by atoms with Crippen molar-refractivity contribution in [1.82, 2.24) is 4.57 Å². The van der Waals surface area contributed by atoms with E-state index in [2.05, 4.69) is 4.99 Å². The van der Waals surface area contributed by atoms with Crippen molar-refractivity contribution >= 4 is 40.4 Å². The molecule has 2 aromatic heterocycles. The standard InChI is InChI=1S/C21H17N3O6S2/c1-3-30-20(27)17-11(2)22-21-23(18(17)15-5-4-8-31-15)19(26)16(32-21)10-12-9-13(24(28)29)6-7-14(12)25/h4-10,18,25H,3H2,1-2H3/b16-10+/t18-/m0/s1. The van der Waals surface area contributed by atoms with Gasteiger partial charge in [0.15, 0.2) is 4.80 Å². The van der Waals surface area contributed by atoms with Crippen molar-refractivity contribution < 1.29 is 19.6 Å². The fourth-order valence-electron chi connectivity index (χ4n) is 3.42. The highest BCUT2D eigenvalue weighted by atomic mass is 32.1. The number of rotatable bonds is 5. The quantitative estimate of drug-likeness (QED) is 0.346. The summed E-state index contributed by atoms with van der Waals surface area (Å²) in [5.74, 6) is -0.739. The maximum absolute atomic E-state index is 13.4. The van der Waals surface area contributed by atoms with E-state index < -0.39 is 22.5 Å². The molecule has 0 bridgehead atoms. The van der Waals surface area contributed by atoms with Gasteiger partial charge in [-0.15, -0.1) is 11.3 Å². The predicted octanol–water partition coefficient (Wildman–Crippen LogP) is 2.47. The van der Waals surface area contributed by atoms with Crippen molar-refractivity contribution in [2.24, 2.45) is 4.99 Å². The first kappa shape index (κ1) is 21.7. The summed E-state index contributed by atoms with van der Waals surface area (Å²) in [6.45, 7) is 3.58. The van der Waals surface area contributed by atoms with Crippen molar-refractivity contribution in [1.29, 1.82) is 0 Å². The summed E-state index contributed by atoms with van der Waals surface area (Å²) in [5.41, 5.74) is 0.240. The van der Waals surface area contributed by atoms with Crippen LogP contribution in [0.5, 0.6) is 5.75 Å². The van der Waals surface area contributed by atoms with E-state index in [4.69, 9.17) is 4.74 Å². The molecule has 1 N–H and O–H groups in total. The molecule has 1 aliphatic heterocycles. The first-order valence-electron chi connectivity index (χ1n) is 9.52. The number of phenolic OH excluding ortho intramolecular Hbond substituents is 1. The number of esters is 1. The molecule has 0 radical (unpaired) electrons. The van der Waals surface area contributed by atoms with Crippen molar-refractivity contribution in [2.45, 2.75) is 19.9 Å². The number of phenols is 1. The summed E-state index contributed by atoms with van der Waals surface area (Å²) in [6.07, 6.45) is 1.39. The molecule has 0 fully saturated rings. The summed E-state index contributed by atoms with van der Waals surface area (Å²) in [7, 11) is 0. The van der Waals surface area contributed by atoms with Crippen LogP contribution in [0.1, 0.15) is 30.3 Å². The second-order valence-electron chi connectivity index (χ2n) is 6.82. The fourth-order valence-corrected chi connectivity index (χ4v) is 5.28. The maximum atomic E-state index is 13.4. The number of nitro benzene ring substituents is 1. The van der Waals surface area contributed by atoms with Gasteiger partial charge in [-0.05, 0) is 37.4 Å². The highest BCUT2D eigenvalue weighted by molar-refractivity contribution is 7.10. The number of thiazole rings is 1. The van der Waals surface area contributed by atoms with Gasteiger partial charge in [-0.1, -0.05) is 17.4 Å². The normalized spacial score (nSPS) is 15.9. The lowest BCUT2D eigenvalue weighted by Gasteiger charge is -2.23. The Balaban J connectivity index is 1.95. The summed E-state index contributed by atoms with van der Waals surface area (Å²) in [6, 6.07) is 6.54. The van der Waals surface area contributed by atoms with Crippen molar-refractivity contribution in [3.63, 3.8) is 0 Å². The van der Waals surface area contributed by atoms with Gasteiger partial charge in [-0.25, -0.2) is 9.79 Å². The molecule has 0 aliphatic carbocycles. The molecule has 0 saturated heterocycles. The third kappa shape index (κ3) is 3.76. The zero-order chi connectivity index (χ0) is 23.0. The molecule has 0 amide bonds. The van der Waals surface area contributed by atoms with Crippen LogP contribution < -0.4 is 14.9 Å². The molecule has 3 aromatic rings. The molecule has 11 heteroatoms. The minimum absolute atomic E-state index is 0.137. The molecule has 4 rings (SSSR count). The minimum atomic E-state index is -0.703. The van der Waals surface area contributed by atoms with E-state index >= 15 is 0 Å². The van der Waals surface area contributed by atoms with Crippen LogP contribution in [0, 0.1) is 10.1 Å². The number of ether oxygens (including phenoxy) is 1. The van der Waals surface area contributed by atoms with Crippen molar-refractivity contribution in [3.8, 4) is 5.75 Å². The van der Waals surface area contributed by atoms with Gasteiger partial charge in [0.05, 0.1) is 27.3 Å². The number of thiophene rings is 1. The fraction of sp³-hybridized carbons (Fsp3) is 0.190. The van der Waals surface area contributed by atoms with E-state index in [0.29, 0.717) is 10.5 Å². The van der Waals surface area contributed by atoms with E-state index in [1.54, 1.807) is 13.8 Å². The lowest BCUT2D eigenvalue weighted by molar-refractivity contribution is -0.384. The molecule has 3 heterocycles. The third-order valence-corrected chi connectivity index (χ3v) is 6.75. The number of hydrogen-bond donors (Lipinski definition) is 1. The Morgan fingerprint density at radius 2 is 2.19 bits per heavy atom. The summed E-state index contributed by atoms with van der Waals surface area (Å²) in [4.78, 5) is 42.2. The van der Waals surface area contributed by atoms with Crippen LogP contribution in [0.2, 0.25) is 0 Å². The molecule has 0 unspecified atom stereocenters. The molecule has 32 heavy (non-hydrogen) atoms. The highest BCUT2D eigenvalue weighted by Crippen LogP contribution is 2.33. The van der Waals surface area contributed by atoms with Crippen LogP contribution in [0.25, 0.3) is 6.08 Å². The predicted molar refractivity (Wildman–Crippen MR) is 119 cm³/mol. The Kier molecular flexibility index (Phi) is 5.76. The van der Waals surface area contributed by atoms with Gasteiger partial charge in [0, 0.05) is 22.6 Å². The second-order valence-corrected chi connectivity index (χ2v) is 8.81. The van der Waals surface area contributed by atoms with Crippen LogP contribution >= 0.6 is 22.7 Å². The smallest absolute Gasteiger partial charge is 0.338 e. The van der Waals surface area contributed by atoms with E-state index in [1.165, 1.54) is 40.2 Å². The number of hydrogen-bond acceptors (Lipinski definition) is 9. The number of carbonyl (C=O) groups excluding carboxylic acids is 1.